The van der Waals surface area contributed by atoms with Crippen molar-refractivity contribution in [2.24, 2.45) is 0 Å². The van der Waals surface area contributed by atoms with E-state index in [2.05, 4.69) is 41.4 Å². The van der Waals surface area contributed by atoms with Crippen LogP contribution in [0.2, 0.25) is 0 Å². The van der Waals surface area contributed by atoms with Gasteiger partial charge in [-0.2, -0.15) is 5.10 Å². The molecule has 1 unspecified atom stereocenters. The van der Waals surface area contributed by atoms with Crippen LogP contribution in [0.3, 0.4) is 0 Å². The molecular formula is C24H28N4O. The summed E-state index contributed by atoms with van der Waals surface area (Å²) in [5.41, 5.74) is 5.34. The third-order valence-corrected chi connectivity index (χ3v) is 5.69. The summed E-state index contributed by atoms with van der Waals surface area (Å²) in [5.74, 6) is 0.0785. The first-order valence-electron chi connectivity index (χ1n) is 10.3. The average Bonchev–Trinajstić information content (AvgIpc) is 3.04. The third-order valence-electron chi connectivity index (χ3n) is 5.69. The number of hydrogen-bond donors (Lipinski definition) is 1. The Morgan fingerprint density at radius 3 is 2.45 bits per heavy atom. The molecule has 1 N–H and O–H groups in total. The Hall–Kier alpha value is -2.92. The van der Waals surface area contributed by atoms with E-state index in [1.807, 2.05) is 48.0 Å². The Morgan fingerprint density at radius 2 is 1.72 bits per heavy atom. The van der Waals surface area contributed by atoms with Gasteiger partial charge in [-0.05, 0) is 50.9 Å². The van der Waals surface area contributed by atoms with Crippen LogP contribution in [0.15, 0.2) is 60.7 Å². The molecule has 3 aromatic rings. The van der Waals surface area contributed by atoms with Gasteiger partial charge < -0.3 is 5.32 Å². The summed E-state index contributed by atoms with van der Waals surface area (Å²) in [7, 11) is 0. The number of para-hydroxylation sites is 1. The highest BCUT2D eigenvalue weighted by Crippen LogP contribution is 2.30. The number of aryl methyl sites for hydroxylation is 2. The maximum Gasteiger partial charge on any atom is 0.242 e. The standard InChI is InChI=1S/C24H28N4O/c1-18-22(19(2)28(26-18)21-13-7-4-8-14-21)23-24(29)25-15-17-27(23)16-9-12-20-10-5-3-6-11-20/h3-8,10-11,13-14,23H,9,12,15-17H2,1-2H3,(H,25,29). The normalized spacial score (nSPS) is 17.3. The number of piperazine rings is 1. The fourth-order valence-corrected chi connectivity index (χ4v) is 4.27. The molecule has 1 aliphatic rings. The van der Waals surface area contributed by atoms with Gasteiger partial charge in [0, 0.05) is 24.3 Å². The lowest BCUT2D eigenvalue weighted by Gasteiger charge is -2.35. The summed E-state index contributed by atoms with van der Waals surface area (Å²) >= 11 is 0. The Morgan fingerprint density at radius 1 is 1.03 bits per heavy atom. The number of benzene rings is 2. The molecule has 4 rings (SSSR count). The molecule has 0 saturated carbocycles. The monoisotopic (exact) mass is 388 g/mol. The predicted molar refractivity (Wildman–Crippen MR) is 115 cm³/mol. The molecule has 1 amide bonds. The zero-order valence-electron chi connectivity index (χ0n) is 17.1. The van der Waals surface area contributed by atoms with Crippen molar-refractivity contribution in [3.05, 3.63) is 83.2 Å². The van der Waals surface area contributed by atoms with Crippen LogP contribution in [0.1, 0.15) is 35.0 Å². The molecule has 1 fully saturated rings. The minimum atomic E-state index is -0.281. The Balaban J connectivity index is 1.57. The summed E-state index contributed by atoms with van der Waals surface area (Å²) < 4.78 is 1.95. The highest BCUT2D eigenvalue weighted by atomic mass is 16.2. The lowest BCUT2D eigenvalue weighted by Crippen LogP contribution is -2.50. The summed E-state index contributed by atoms with van der Waals surface area (Å²) in [6.07, 6.45) is 2.05. The number of rotatable bonds is 6. The van der Waals surface area contributed by atoms with E-state index in [1.54, 1.807) is 0 Å². The number of carbonyl (C=O) groups excluding carboxylic acids is 1. The molecule has 0 bridgehead atoms. The summed E-state index contributed by atoms with van der Waals surface area (Å²) in [5, 5.41) is 7.82. The van der Waals surface area contributed by atoms with Crippen LogP contribution in [-0.4, -0.2) is 40.2 Å². The Bertz CT molecular complexity index is 965. The molecule has 5 heteroatoms. The molecule has 1 aromatic heterocycles. The molecule has 29 heavy (non-hydrogen) atoms. The maximum atomic E-state index is 12.9. The van der Waals surface area contributed by atoms with Crippen LogP contribution >= 0.6 is 0 Å². The topological polar surface area (TPSA) is 50.2 Å². The zero-order valence-corrected chi connectivity index (χ0v) is 17.1. The van der Waals surface area contributed by atoms with Gasteiger partial charge in [-0.1, -0.05) is 48.5 Å². The van der Waals surface area contributed by atoms with Crippen molar-refractivity contribution in [3.63, 3.8) is 0 Å². The van der Waals surface area contributed by atoms with E-state index in [-0.39, 0.29) is 11.9 Å². The third kappa shape index (κ3) is 4.10. The first kappa shape index (κ1) is 19.4. The largest absolute Gasteiger partial charge is 0.353 e. The van der Waals surface area contributed by atoms with Crippen LogP contribution in [0.25, 0.3) is 5.69 Å². The van der Waals surface area contributed by atoms with Crippen LogP contribution in [0.5, 0.6) is 0 Å². The summed E-state index contributed by atoms with van der Waals surface area (Å²) in [6, 6.07) is 20.4. The van der Waals surface area contributed by atoms with Crippen LogP contribution in [0.4, 0.5) is 0 Å². The molecule has 0 aliphatic carbocycles. The molecule has 1 atom stereocenters. The second-order valence-electron chi connectivity index (χ2n) is 7.65. The van der Waals surface area contributed by atoms with Crippen molar-refractivity contribution < 1.29 is 4.79 Å². The summed E-state index contributed by atoms with van der Waals surface area (Å²) in [4.78, 5) is 15.2. The fraction of sp³-hybridized carbons (Fsp3) is 0.333. The van der Waals surface area contributed by atoms with E-state index >= 15 is 0 Å². The molecule has 2 aromatic carbocycles. The Kier molecular flexibility index (Phi) is 5.76. The number of nitrogens with one attached hydrogen (secondary N) is 1. The second-order valence-corrected chi connectivity index (χ2v) is 7.65. The number of amides is 1. The van der Waals surface area contributed by atoms with Gasteiger partial charge >= 0.3 is 0 Å². The lowest BCUT2D eigenvalue weighted by molar-refractivity contribution is -0.129. The molecule has 1 saturated heterocycles. The van der Waals surface area contributed by atoms with Crippen LogP contribution < -0.4 is 5.32 Å². The molecule has 5 nitrogen and oxygen atoms in total. The minimum Gasteiger partial charge on any atom is -0.353 e. The molecule has 1 aliphatic heterocycles. The van der Waals surface area contributed by atoms with Gasteiger partial charge in [-0.25, -0.2) is 4.68 Å². The molecule has 0 spiro atoms. The quantitative estimate of drug-likeness (QED) is 0.702. The first-order chi connectivity index (χ1) is 14.1. The van der Waals surface area contributed by atoms with Gasteiger partial charge in [0.1, 0.15) is 6.04 Å². The smallest absolute Gasteiger partial charge is 0.242 e. The minimum absolute atomic E-state index is 0.0785. The molecular weight excluding hydrogens is 360 g/mol. The van der Waals surface area contributed by atoms with Crippen LogP contribution in [-0.2, 0) is 11.2 Å². The van der Waals surface area contributed by atoms with Crippen molar-refractivity contribution in [2.75, 3.05) is 19.6 Å². The lowest BCUT2D eigenvalue weighted by atomic mass is 9.99. The van der Waals surface area contributed by atoms with Gasteiger partial charge in [-0.3, -0.25) is 9.69 Å². The highest BCUT2D eigenvalue weighted by molar-refractivity contribution is 5.84. The molecule has 0 radical (unpaired) electrons. The molecule has 2 heterocycles. The van der Waals surface area contributed by atoms with E-state index in [0.29, 0.717) is 6.54 Å². The number of nitrogens with zero attached hydrogens (tertiary/aromatic N) is 3. The fourth-order valence-electron chi connectivity index (χ4n) is 4.27. The van der Waals surface area contributed by atoms with E-state index in [1.165, 1.54) is 5.56 Å². The van der Waals surface area contributed by atoms with E-state index in [4.69, 9.17) is 5.10 Å². The van der Waals surface area contributed by atoms with Gasteiger partial charge in [0.15, 0.2) is 0 Å². The Labute approximate surface area is 172 Å². The predicted octanol–water partition coefficient (Wildman–Crippen LogP) is 3.59. The van der Waals surface area contributed by atoms with Crippen LogP contribution in [0, 0.1) is 13.8 Å². The van der Waals surface area contributed by atoms with Gasteiger partial charge in [-0.15, -0.1) is 0 Å². The van der Waals surface area contributed by atoms with E-state index in [0.717, 1.165) is 48.6 Å². The zero-order chi connectivity index (χ0) is 20.2. The van der Waals surface area contributed by atoms with Crippen molar-refractivity contribution in [2.45, 2.75) is 32.7 Å². The molecule has 150 valence electrons. The first-order valence-corrected chi connectivity index (χ1v) is 10.3. The number of carbonyl (C=O) groups is 1. The van der Waals surface area contributed by atoms with Gasteiger partial charge in [0.2, 0.25) is 5.91 Å². The van der Waals surface area contributed by atoms with Gasteiger partial charge in [0.25, 0.3) is 0 Å². The number of aromatic nitrogens is 2. The van der Waals surface area contributed by atoms with Gasteiger partial charge in [0.05, 0.1) is 11.4 Å². The van der Waals surface area contributed by atoms with Crippen molar-refractivity contribution in [1.82, 2.24) is 20.0 Å². The average molecular weight is 389 g/mol. The van der Waals surface area contributed by atoms with E-state index < -0.39 is 0 Å². The van der Waals surface area contributed by atoms with Crippen molar-refractivity contribution in [1.29, 1.82) is 0 Å². The second kappa shape index (κ2) is 8.62. The van der Waals surface area contributed by atoms with E-state index in [9.17, 15) is 4.79 Å². The van der Waals surface area contributed by atoms with Crippen molar-refractivity contribution >= 4 is 5.91 Å². The highest BCUT2D eigenvalue weighted by Gasteiger charge is 2.35. The van der Waals surface area contributed by atoms with Crippen molar-refractivity contribution in [3.8, 4) is 5.69 Å². The summed E-state index contributed by atoms with van der Waals surface area (Å²) in [6.45, 7) is 6.52. The number of hydrogen-bond acceptors (Lipinski definition) is 3. The SMILES string of the molecule is Cc1nn(-c2ccccc2)c(C)c1C1C(=O)NCCN1CCCc1ccccc1. The maximum absolute atomic E-state index is 12.9.